The summed E-state index contributed by atoms with van der Waals surface area (Å²) in [5.41, 5.74) is 0.613. The third-order valence-corrected chi connectivity index (χ3v) is 4.53. The Kier molecular flexibility index (Phi) is 4.27. The summed E-state index contributed by atoms with van der Waals surface area (Å²) in [6.07, 6.45) is -0.424. The van der Waals surface area contributed by atoms with E-state index in [1.54, 1.807) is 42.5 Å². The number of methoxy groups -OCH3 is 2. The third kappa shape index (κ3) is 2.68. The molecule has 0 spiro atoms. The van der Waals surface area contributed by atoms with Crippen molar-refractivity contribution in [2.45, 2.75) is 6.42 Å². The summed E-state index contributed by atoms with van der Waals surface area (Å²) in [7, 11) is 2.98. The number of carboxylic acid groups (broad SMARTS) is 1. The summed E-state index contributed by atoms with van der Waals surface area (Å²) in [5.74, 6) is -0.0433. The summed E-state index contributed by atoms with van der Waals surface area (Å²) in [6.45, 7) is 0. The van der Waals surface area contributed by atoms with Gasteiger partial charge in [-0.15, -0.1) is 0 Å². The van der Waals surface area contributed by atoms with E-state index in [9.17, 15) is 14.7 Å². The molecule has 0 aliphatic carbocycles. The van der Waals surface area contributed by atoms with E-state index >= 15 is 0 Å². The molecule has 4 aromatic rings. The molecule has 2 heterocycles. The zero-order valence-electron chi connectivity index (χ0n) is 15.1. The Morgan fingerprint density at radius 2 is 1.68 bits per heavy atom. The van der Waals surface area contributed by atoms with Crippen LogP contribution in [0.4, 0.5) is 0 Å². The summed E-state index contributed by atoms with van der Waals surface area (Å²) in [4.78, 5) is 24.2. The van der Waals surface area contributed by atoms with Gasteiger partial charge in [-0.2, -0.15) is 0 Å². The van der Waals surface area contributed by atoms with Gasteiger partial charge < -0.3 is 23.4 Å². The van der Waals surface area contributed by atoms with Crippen molar-refractivity contribution in [2.75, 3.05) is 14.2 Å². The quantitative estimate of drug-likeness (QED) is 0.525. The number of rotatable bonds is 5. The lowest BCUT2D eigenvalue weighted by Crippen LogP contribution is -2.06. The molecule has 0 bridgehead atoms. The van der Waals surface area contributed by atoms with Crippen molar-refractivity contribution in [3.63, 3.8) is 0 Å². The van der Waals surface area contributed by atoms with Gasteiger partial charge in [-0.25, -0.2) is 4.79 Å². The minimum atomic E-state index is -1.11. The number of para-hydroxylation sites is 1. The maximum absolute atomic E-state index is 12.7. The number of fused-ring (bicyclic) bond motifs is 3. The van der Waals surface area contributed by atoms with Gasteiger partial charge in [0.2, 0.25) is 0 Å². The summed E-state index contributed by atoms with van der Waals surface area (Å²) < 4.78 is 22.3. The molecule has 0 saturated carbocycles. The van der Waals surface area contributed by atoms with E-state index in [0.29, 0.717) is 28.0 Å². The smallest absolute Gasteiger partial charge is 0.347 e. The van der Waals surface area contributed by atoms with Crippen LogP contribution in [0.1, 0.15) is 5.56 Å². The first-order valence-electron chi connectivity index (χ1n) is 8.45. The Balaban J connectivity index is 2.18. The lowest BCUT2D eigenvalue weighted by Gasteiger charge is -2.12. The molecular formula is C21H16O7. The largest absolute Gasteiger partial charge is 0.496 e. The maximum Gasteiger partial charge on any atom is 0.347 e. The average Bonchev–Trinajstić information content (AvgIpc) is 3.06. The van der Waals surface area contributed by atoms with Gasteiger partial charge in [0.25, 0.3) is 0 Å². The molecule has 7 heteroatoms. The SMILES string of the molecule is COc1cccc(OC)c1-c1oc2c(c1CC(=O)O)c(=O)oc1ccccc12. The van der Waals surface area contributed by atoms with E-state index < -0.39 is 18.0 Å². The topological polar surface area (TPSA) is 99.1 Å². The number of carbonyl (C=O) groups is 1. The molecular weight excluding hydrogens is 364 g/mol. The van der Waals surface area contributed by atoms with E-state index in [1.165, 1.54) is 14.2 Å². The Labute approximate surface area is 158 Å². The molecule has 4 rings (SSSR count). The second kappa shape index (κ2) is 6.77. The number of aliphatic carboxylic acids is 1. The molecule has 0 saturated heterocycles. The predicted molar refractivity (Wildman–Crippen MR) is 102 cm³/mol. The summed E-state index contributed by atoms with van der Waals surface area (Å²) >= 11 is 0. The van der Waals surface area contributed by atoms with E-state index in [1.807, 2.05) is 0 Å². The fourth-order valence-electron chi connectivity index (χ4n) is 3.36. The van der Waals surface area contributed by atoms with Crippen molar-refractivity contribution in [1.29, 1.82) is 0 Å². The number of furan rings is 1. The molecule has 0 unspecified atom stereocenters. The monoisotopic (exact) mass is 380 g/mol. The molecule has 1 N–H and O–H groups in total. The standard InChI is InChI=1S/C21H16O7/c1-25-14-8-5-9-15(26-2)18(14)20-12(10-16(22)23)17-19(28-20)11-6-3-4-7-13(11)27-21(17)24/h3-9H,10H2,1-2H3,(H,22,23). The Bertz CT molecular complexity index is 1240. The van der Waals surface area contributed by atoms with Crippen molar-refractivity contribution in [3.05, 3.63) is 58.4 Å². The van der Waals surface area contributed by atoms with E-state index in [4.69, 9.17) is 18.3 Å². The van der Waals surface area contributed by atoms with Crippen LogP contribution in [0.15, 0.2) is 56.1 Å². The zero-order valence-corrected chi connectivity index (χ0v) is 15.1. The van der Waals surface area contributed by atoms with Crippen LogP contribution in [0.25, 0.3) is 33.3 Å². The van der Waals surface area contributed by atoms with Gasteiger partial charge in [0, 0.05) is 5.56 Å². The van der Waals surface area contributed by atoms with Crippen molar-refractivity contribution in [2.24, 2.45) is 0 Å². The highest BCUT2D eigenvalue weighted by Crippen LogP contribution is 2.44. The first-order chi connectivity index (χ1) is 13.5. The van der Waals surface area contributed by atoms with Gasteiger partial charge in [-0.3, -0.25) is 4.79 Å². The molecule has 7 nitrogen and oxygen atoms in total. The van der Waals surface area contributed by atoms with E-state index in [-0.39, 0.29) is 22.3 Å². The second-order valence-electron chi connectivity index (χ2n) is 6.11. The van der Waals surface area contributed by atoms with Crippen molar-refractivity contribution in [1.82, 2.24) is 0 Å². The third-order valence-electron chi connectivity index (χ3n) is 4.53. The predicted octanol–water partition coefficient (Wildman–Crippen LogP) is 3.85. The highest BCUT2D eigenvalue weighted by atomic mass is 16.5. The minimum Gasteiger partial charge on any atom is -0.496 e. The molecule has 0 amide bonds. The lowest BCUT2D eigenvalue weighted by molar-refractivity contribution is -0.136. The van der Waals surface area contributed by atoms with Gasteiger partial charge >= 0.3 is 11.6 Å². The van der Waals surface area contributed by atoms with E-state index in [2.05, 4.69) is 0 Å². The molecule has 0 atom stereocenters. The van der Waals surface area contributed by atoms with Crippen molar-refractivity contribution >= 4 is 27.9 Å². The Morgan fingerprint density at radius 3 is 2.32 bits per heavy atom. The molecule has 142 valence electrons. The number of hydrogen-bond acceptors (Lipinski definition) is 6. The number of hydrogen-bond donors (Lipinski definition) is 1. The van der Waals surface area contributed by atoms with Gasteiger partial charge in [-0.1, -0.05) is 18.2 Å². The molecule has 2 aromatic heterocycles. The molecule has 0 radical (unpaired) electrons. The van der Waals surface area contributed by atoms with Gasteiger partial charge in [0.15, 0.2) is 5.58 Å². The second-order valence-corrected chi connectivity index (χ2v) is 6.11. The minimum absolute atomic E-state index is 0.101. The van der Waals surface area contributed by atoms with Crippen LogP contribution in [-0.2, 0) is 11.2 Å². The zero-order chi connectivity index (χ0) is 19.8. The fraction of sp³-hybridized carbons (Fsp3) is 0.143. The molecule has 0 fully saturated rings. The van der Waals surface area contributed by atoms with Crippen LogP contribution in [0.5, 0.6) is 11.5 Å². The van der Waals surface area contributed by atoms with Crippen LogP contribution < -0.4 is 15.1 Å². The van der Waals surface area contributed by atoms with Crippen LogP contribution in [0.3, 0.4) is 0 Å². The van der Waals surface area contributed by atoms with Crippen molar-refractivity contribution < 1.29 is 28.2 Å². The Morgan fingerprint density at radius 1 is 1.00 bits per heavy atom. The lowest BCUT2D eigenvalue weighted by atomic mass is 10.0. The van der Waals surface area contributed by atoms with Crippen LogP contribution >= 0.6 is 0 Å². The van der Waals surface area contributed by atoms with Gasteiger partial charge in [-0.05, 0) is 24.3 Å². The summed E-state index contributed by atoms with van der Waals surface area (Å²) in [6, 6.07) is 12.1. The summed E-state index contributed by atoms with van der Waals surface area (Å²) in [5, 5.41) is 10.1. The van der Waals surface area contributed by atoms with Gasteiger partial charge in [0.05, 0.1) is 26.0 Å². The van der Waals surface area contributed by atoms with Gasteiger partial charge in [0.1, 0.15) is 33.8 Å². The Hall–Kier alpha value is -3.74. The number of carboxylic acids is 1. The first kappa shape index (κ1) is 17.7. The van der Waals surface area contributed by atoms with Crippen LogP contribution in [0, 0.1) is 0 Å². The number of ether oxygens (including phenoxy) is 2. The molecule has 2 aromatic carbocycles. The average molecular weight is 380 g/mol. The molecule has 28 heavy (non-hydrogen) atoms. The molecule has 0 aliphatic rings. The highest BCUT2D eigenvalue weighted by molar-refractivity contribution is 6.05. The van der Waals surface area contributed by atoms with Crippen molar-refractivity contribution in [3.8, 4) is 22.8 Å². The normalized spacial score (nSPS) is 11.1. The highest BCUT2D eigenvalue weighted by Gasteiger charge is 2.27. The fourth-order valence-corrected chi connectivity index (χ4v) is 3.36. The first-order valence-corrected chi connectivity index (χ1v) is 8.45. The van der Waals surface area contributed by atoms with Crippen LogP contribution in [-0.4, -0.2) is 25.3 Å². The van der Waals surface area contributed by atoms with Crippen LogP contribution in [0.2, 0.25) is 0 Å². The molecule has 0 aliphatic heterocycles. The number of benzene rings is 2. The van der Waals surface area contributed by atoms with E-state index in [0.717, 1.165) is 0 Å². The maximum atomic E-state index is 12.7.